The average Bonchev–Trinajstić information content (AvgIpc) is 2.89. The molecule has 0 saturated carbocycles. The predicted molar refractivity (Wildman–Crippen MR) is 142 cm³/mol. The molecular weight excluding hydrogens is 559 g/mol. The SMILES string of the molecule is CC(=O)C1=C(O)[C@@H](N(C)C)[C@@H]2[C@@H](O)[C@H]3C(=C(O)[C@]2(O)C1=O)C(=O)c1c(O)cccc1/C3=C\c1ccc(C(F)(F)F)cc1. The van der Waals surface area contributed by atoms with E-state index in [1.165, 1.54) is 43.3 Å². The molecule has 5 rings (SSSR count). The van der Waals surface area contributed by atoms with Crippen molar-refractivity contribution in [3.63, 3.8) is 0 Å². The number of carbonyl (C=O) groups is 3. The van der Waals surface area contributed by atoms with Crippen LogP contribution in [-0.4, -0.2) is 79.6 Å². The molecule has 0 aromatic heterocycles. The standard InChI is InChI=1S/C30H26F3NO8/c1-12(35)18-26(39)23(34(2)3)22-25(38)20-16(11-13-7-9-14(10-8-13)30(31,32)33)15-5-4-6-17(36)19(15)24(37)21(20)28(41)29(22,42)27(18)40/h4-11,20,22-23,25,36,38-39,41-42H,1-3H3/b16-11+/t20-,22-,23+,25+,29-/m1/s1. The van der Waals surface area contributed by atoms with Gasteiger partial charge in [-0.05, 0) is 55.9 Å². The van der Waals surface area contributed by atoms with Gasteiger partial charge in [-0.1, -0.05) is 30.3 Å². The molecule has 0 spiro atoms. The molecule has 0 heterocycles. The zero-order valence-corrected chi connectivity index (χ0v) is 22.5. The fourth-order valence-corrected chi connectivity index (χ4v) is 6.37. The molecule has 9 nitrogen and oxygen atoms in total. The van der Waals surface area contributed by atoms with E-state index >= 15 is 0 Å². The number of likely N-dealkylation sites (N-methyl/N-ethyl adjacent to an activating group) is 1. The molecular formula is C30H26F3NO8. The summed E-state index contributed by atoms with van der Waals surface area (Å²) >= 11 is 0. The lowest BCUT2D eigenvalue weighted by molar-refractivity contribution is -0.159. The van der Waals surface area contributed by atoms with Crippen molar-refractivity contribution >= 4 is 29.0 Å². The van der Waals surface area contributed by atoms with Gasteiger partial charge in [0.1, 0.15) is 22.8 Å². The van der Waals surface area contributed by atoms with E-state index in [1.54, 1.807) is 0 Å². The van der Waals surface area contributed by atoms with Gasteiger partial charge in [-0.3, -0.25) is 19.3 Å². The Balaban J connectivity index is 1.82. The molecule has 0 fully saturated rings. The van der Waals surface area contributed by atoms with Crippen LogP contribution in [0.4, 0.5) is 13.2 Å². The van der Waals surface area contributed by atoms with E-state index in [2.05, 4.69) is 0 Å². The first-order valence-electron chi connectivity index (χ1n) is 12.8. The van der Waals surface area contributed by atoms with Gasteiger partial charge in [0.25, 0.3) is 0 Å². The Bertz CT molecular complexity index is 1640. The molecule has 5 atom stereocenters. The summed E-state index contributed by atoms with van der Waals surface area (Å²) in [5.41, 5.74) is -5.33. The van der Waals surface area contributed by atoms with Crippen molar-refractivity contribution in [1.29, 1.82) is 0 Å². The summed E-state index contributed by atoms with van der Waals surface area (Å²) < 4.78 is 39.5. The van der Waals surface area contributed by atoms with Crippen LogP contribution in [0.15, 0.2) is 65.1 Å². The molecule has 2 aromatic rings. The number of ketones is 3. The topological polar surface area (TPSA) is 156 Å². The van der Waals surface area contributed by atoms with E-state index in [9.17, 15) is 53.1 Å². The fourth-order valence-electron chi connectivity index (χ4n) is 6.37. The molecule has 220 valence electrons. The van der Waals surface area contributed by atoms with Gasteiger partial charge in [0.05, 0.1) is 34.8 Å². The van der Waals surface area contributed by atoms with Gasteiger partial charge in [-0.15, -0.1) is 0 Å². The number of aromatic hydroxyl groups is 1. The van der Waals surface area contributed by atoms with E-state index < -0.39 is 87.1 Å². The van der Waals surface area contributed by atoms with Crippen LogP contribution in [0, 0.1) is 11.8 Å². The molecule has 0 radical (unpaired) electrons. The first kappa shape index (κ1) is 29.2. The van der Waals surface area contributed by atoms with Crippen molar-refractivity contribution in [2.24, 2.45) is 11.8 Å². The van der Waals surface area contributed by atoms with Crippen molar-refractivity contribution in [1.82, 2.24) is 4.90 Å². The predicted octanol–water partition coefficient (Wildman–Crippen LogP) is 3.21. The van der Waals surface area contributed by atoms with Crippen LogP contribution in [0.25, 0.3) is 11.6 Å². The van der Waals surface area contributed by atoms with Crippen LogP contribution < -0.4 is 0 Å². The van der Waals surface area contributed by atoms with E-state index in [-0.39, 0.29) is 22.3 Å². The third-order valence-electron chi connectivity index (χ3n) is 8.20. The van der Waals surface area contributed by atoms with Crippen molar-refractivity contribution in [3.8, 4) is 5.75 Å². The normalized spacial score (nSPS) is 28.6. The quantitative estimate of drug-likeness (QED) is 0.342. The number of hydrogen-bond donors (Lipinski definition) is 5. The smallest absolute Gasteiger partial charge is 0.416 e. The van der Waals surface area contributed by atoms with Crippen LogP contribution >= 0.6 is 0 Å². The molecule has 0 bridgehead atoms. The first-order chi connectivity index (χ1) is 19.5. The Hall–Kier alpha value is -4.26. The summed E-state index contributed by atoms with van der Waals surface area (Å²) in [4.78, 5) is 41.1. The number of aliphatic hydroxyl groups excluding tert-OH is 3. The van der Waals surface area contributed by atoms with Gasteiger partial charge in [-0.25, -0.2) is 0 Å². The molecule has 0 amide bonds. The first-order valence-corrected chi connectivity index (χ1v) is 12.8. The summed E-state index contributed by atoms with van der Waals surface area (Å²) in [5, 5.41) is 56.9. The Morgan fingerprint density at radius 3 is 2.19 bits per heavy atom. The lowest BCUT2D eigenvalue weighted by atomic mass is 9.56. The molecule has 0 saturated heterocycles. The van der Waals surface area contributed by atoms with E-state index in [0.717, 1.165) is 31.2 Å². The highest BCUT2D eigenvalue weighted by molar-refractivity contribution is 6.26. The van der Waals surface area contributed by atoms with Crippen LogP contribution in [0.3, 0.4) is 0 Å². The monoisotopic (exact) mass is 585 g/mol. The summed E-state index contributed by atoms with van der Waals surface area (Å²) in [6, 6.07) is 6.62. The van der Waals surface area contributed by atoms with E-state index in [4.69, 9.17) is 0 Å². The van der Waals surface area contributed by atoms with Crippen LogP contribution in [-0.2, 0) is 15.8 Å². The largest absolute Gasteiger partial charge is 0.510 e. The maximum atomic E-state index is 13.8. The van der Waals surface area contributed by atoms with Crippen molar-refractivity contribution < 1.29 is 53.1 Å². The molecule has 0 unspecified atom stereocenters. The molecule has 12 heteroatoms. The highest BCUT2D eigenvalue weighted by Gasteiger charge is 2.67. The van der Waals surface area contributed by atoms with Crippen molar-refractivity contribution in [3.05, 3.63) is 87.4 Å². The summed E-state index contributed by atoms with van der Waals surface area (Å²) in [5.74, 6) is -8.96. The number of halogens is 3. The van der Waals surface area contributed by atoms with Gasteiger partial charge in [0, 0.05) is 5.92 Å². The molecule has 0 aliphatic heterocycles. The zero-order chi connectivity index (χ0) is 31.0. The van der Waals surface area contributed by atoms with Gasteiger partial charge < -0.3 is 25.5 Å². The number of benzene rings is 2. The number of carbonyl (C=O) groups excluding carboxylic acids is 3. The maximum Gasteiger partial charge on any atom is 0.416 e. The van der Waals surface area contributed by atoms with Crippen LogP contribution in [0.5, 0.6) is 5.75 Å². The third kappa shape index (κ3) is 4.01. The summed E-state index contributed by atoms with van der Waals surface area (Å²) in [6.07, 6.45) is -5.11. The Morgan fingerprint density at radius 2 is 1.64 bits per heavy atom. The van der Waals surface area contributed by atoms with E-state index in [1.807, 2.05) is 0 Å². The van der Waals surface area contributed by atoms with Crippen molar-refractivity contribution in [2.75, 3.05) is 14.1 Å². The number of nitrogens with zero attached hydrogens (tertiary/aromatic N) is 1. The van der Waals surface area contributed by atoms with Gasteiger partial charge in [0.2, 0.25) is 5.78 Å². The fraction of sp³-hybridized carbons (Fsp3) is 0.300. The number of alkyl halides is 3. The van der Waals surface area contributed by atoms with Crippen LogP contribution in [0.2, 0.25) is 0 Å². The van der Waals surface area contributed by atoms with Gasteiger partial charge in [-0.2, -0.15) is 13.2 Å². The molecule has 5 N–H and O–H groups in total. The number of phenolic OH excluding ortho intramolecular Hbond substituents is 1. The number of fused-ring (bicyclic) bond motifs is 3. The Labute approximate surface area is 237 Å². The van der Waals surface area contributed by atoms with Gasteiger partial charge in [0.15, 0.2) is 17.2 Å². The lowest BCUT2D eigenvalue weighted by Gasteiger charge is -2.52. The Kier molecular flexibility index (Phi) is 6.72. The molecule has 3 aliphatic carbocycles. The highest BCUT2D eigenvalue weighted by Crippen LogP contribution is 2.55. The minimum absolute atomic E-state index is 0.0853. The number of rotatable bonds is 3. The summed E-state index contributed by atoms with van der Waals surface area (Å²) in [6.45, 7) is 0.969. The molecule has 3 aliphatic rings. The van der Waals surface area contributed by atoms with Gasteiger partial charge >= 0.3 is 6.18 Å². The minimum Gasteiger partial charge on any atom is -0.510 e. The second-order valence-electron chi connectivity index (χ2n) is 10.8. The maximum absolute atomic E-state index is 13.8. The molecule has 2 aromatic carbocycles. The second-order valence-corrected chi connectivity index (χ2v) is 10.8. The molecule has 42 heavy (non-hydrogen) atoms. The Morgan fingerprint density at radius 1 is 1.02 bits per heavy atom. The minimum atomic E-state index is -4.60. The third-order valence-corrected chi connectivity index (χ3v) is 8.20. The number of Topliss-reactive ketones (excluding diaryl/α,β-unsaturated/α-hetero) is 3. The second kappa shape index (κ2) is 9.65. The van der Waals surface area contributed by atoms with Crippen LogP contribution in [0.1, 0.15) is 34.0 Å². The van der Waals surface area contributed by atoms with E-state index in [0.29, 0.717) is 0 Å². The van der Waals surface area contributed by atoms with Crippen molar-refractivity contribution in [2.45, 2.75) is 30.8 Å². The zero-order valence-electron chi connectivity index (χ0n) is 22.5. The number of phenols is 1. The average molecular weight is 586 g/mol. The number of aliphatic hydroxyl groups is 4. The summed E-state index contributed by atoms with van der Waals surface area (Å²) in [7, 11) is 2.88. The lowest BCUT2D eigenvalue weighted by Crippen LogP contribution is -2.67. The highest BCUT2D eigenvalue weighted by atomic mass is 19.4. The number of hydrogen-bond acceptors (Lipinski definition) is 9.